The number of ether oxygens (including phenoxy) is 1. The van der Waals surface area contributed by atoms with Crippen molar-refractivity contribution in [2.45, 2.75) is 6.92 Å². The van der Waals surface area contributed by atoms with Gasteiger partial charge in [0.1, 0.15) is 11.3 Å². The lowest BCUT2D eigenvalue weighted by molar-refractivity contribution is -0.385. The molecule has 0 atom stereocenters. The number of aromatic carboxylic acids is 1. The van der Waals surface area contributed by atoms with Crippen molar-refractivity contribution in [2.75, 3.05) is 19.1 Å². The highest BCUT2D eigenvalue weighted by Gasteiger charge is 2.28. The molecule has 0 saturated carbocycles. The molecule has 1 N–H and O–H groups in total. The molecular formula is C26H21N3O7. The Morgan fingerprint density at radius 2 is 1.78 bits per heavy atom. The van der Waals surface area contributed by atoms with E-state index in [-0.39, 0.29) is 17.2 Å². The van der Waals surface area contributed by atoms with Crippen LogP contribution in [0.4, 0.5) is 11.4 Å². The maximum Gasteiger partial charge on any atom is 0.342 e. The maximum absolute atomic E-state index is 13.6. The van der Waals surface area contributed by atoms with Crippen LogP contribution in [0.2, 0.25) is 0 Å². The van der Waals surface area contributed by atoms with Crippen molar-refractivity contribution in [3.63, 3.8) is 0 Å². The predicted octanol–water partition coefficient (Wildman–Crippen LogP) is 4.37. The number of fused-ring (bicyclic) bond motifs is 1. The van der Waals surface area contributed by atoms with E-state index in [0.717, 1.165) is 12.1 Å². The van der Waals surface area contributed by atoms with Crippen LogP contribution in [-0.4, -0.2) is 46.2 Å². The Kier molecular flexibility index (Phi) is 6.26. The van der Waals surface area contributed by atoms with E-state index in [1.54, 1.807) is 67.0 Å². The summed E-state index contributed by atoms with van der Waals surface area (Å²) in [7, 11) is 3.10. The number of nitro groups is 1. The lowest BCUT2D eigenvalue weighted by atomic mass is 10.0. The fourth-order valence-corrected chi connectivity index (χ4v) is 4.21. The zero-order chi connectivity index (χ0) is 26.1. The summed E-state index contributed by atoms with van der Waals surface area (Å²) in [6, 6.07) is 15.2. The summed E-state index contributed by atoms with van der Waals surface area (Å²) in [6.45, 7) is 1.69. The number of hydrogen-bond acceptors (Lipinski definition) is 6. The molecule has 0 bridgehead atoms. The first-order chi connectivity index (χ1) is 17.1. The molecule has 36 heavy (non-hydrogen) atoms. The van der Waals surface area contributed by atoms with Crippen LogP contribution in [0, 0.1) is 17.0 Å². The fraction of sp³-hybridized carbons (Fsp3) is 0.115. The number of nitro benzene ring substituents is 1. The number of methoxy groups -OCH3 is 1. The van der Waals surface area contributed by atoms with Crippen LogP contribution in [0.1, 0.15) is 42.3 Å². The third-order valence-electron chi connectivity index (χ3n) is 5.91. The van der Waals surface area contributed by atoms with Gasteiger partial charge in [-0.1, -0.05) is 12.1 Å². The molecule has 10 heteroatoms. The molecule has 4 rings (SSSR count). The van der Waals surface area contributed by atoms with Gasteiger partial charge in [0.2, 0.25) is 5.78 Å². The van der Waals surface area contributed by atoms with Crippen LogP contribution in [0.3, 0.4) is 0 Å². The van der Waals surface area contributed by atoms with Gasteiger partial charge in [-0.2, -0.15) is 0 Å². The fourth-order valence-electron chi connectivity index (χ4n) is 4.21. The topological polar surface area (TPSA) is 131 Å². The average Bonchev–Trinajstić information content (AvgIpc) is 3.18. The van der Waals surface area contributed by atoms with Gasteiger partial charge < -0.3 is 19.1 Å². The van der Waals surface area contributed by atoms with Crippen molar-refractivity contribution in [3.8, 4) is 5.75 Å². The second kappa shape index (κ2) is 9.34. The first kappa shape index (κ1) is 24.1. The standard InChI is InChI=1S/C26H21N3O7/c1-15-22(27(2)25(31)17-7-6-8-18(13-17)36-3)21-9-4-5-12-28(21)23(15)24(30)16-10-11-20(29(34)35)19(14-16)26(32)33/h4-14H,1-3H3,(H,32,33). The van der Waals surface area contributed by atoms with E-state index in [1.165, 1.54) is 18.1 Å². The third-order valence-corrected chi connectivity index (χ3v) is 5.91. The summed E-state index contributed by atoms with van der Waals surface area (Å²) in [5.74, 6) is -1.86. The van der Waals surface area contributed by atoms with Gasteiger partial charge in [-0.05, 0) is 49.4 Å². The highest BCUT2D eigenvalue weighted by molar-refractivity contribution is 6.15. The van der Waals surface area contributed by atoms with E-state index in [2.05, 4.69) is 0 Å². The molecule has 182 valence electrons. The number of carbonyl (C=O) groups excluding carboxylic acids is 2. The molecule has 2 aromatic heterocycles. The summed E-state index contributed by atoms with van der Waals surface area (Å²) in [6.07, 6.45) is 1.66. The summed E-state index contributed by atoms with van der Waals surface area (Å²) < 4.78 is 6.83. The van der Waals surface area contributed by atoms with Gasteiger partial charge >= 0.3 is 5.97 Å². The van der Waals surface area contributed by atoms with E-state index in [9.17, 15) is 29.6 Å². The molecule has 2 aromatic carbocycles. The number of anilines is 1. The number of carbonyl (C=O) groups is 3. The SMILES string of the molecule is COc1cccc(C(=O)N(C)c2c(C)c(C(=O)c3ccc([N+](=O)[O-])c(C(=O)O)c3)n3ccccc23)c1. The van der Waals surface area contributed by atoms with Crippen molar-refractivity contribution in [2.24, 2.45) is 0 Å². The molecule has 0 radical (unpaired) electrons. The molecule has 2 heterocycles. The smallest absolute Gasteiger partial charge is 0.342 e. The number of benzene rings is 2. The molecule has 0 saturated heterocycles. The summed E-state index contributed by atoms with van der Waals surface area (Å²) in [4.78, 5) is 50.4. The zero-order valence-electron chi connectivity index (χ0n) is 19.6. The van der Waals surface area contributed by atoms with E-state index in [1.807, 2.05) is 0 Å². The zero-order valence-corrected chi connectivity index (χ0v) is 19.6. The Bertz CT molecular complexity index is 1550. The Hall–Kier alpha value is -4.99. The number of aromatic nitrogens is 1. The minimum absolute atomic E-state index is 0.0299. The largest absolute Gasteiger partial charge is 0.497 e. The number of pyridine rings is 1. The van der Waals surface area contributed by atoms with Crippen LogP contribution >= 0.6 is 0 Å². The van der Waals surface area contributed by atoms with Crippen molar-refractivity contribution >= 4 is 34.6 Å². The molecule has 10 nitrogen and oxygen atoms in total. The number of ketones is 1. The van der Waals surface area contributed by atoms with Crippen LogP contribution < -0.4 is 9.64 Å². The number of amides is 1. The molecule has 0 fully saturated rings. The monoisotopic (exact) mass is 487 g/mol. The first-order valence-electron chi connectivity index (χ1n) is 10.7. The van der Waals surface area contributed by atoms with E-state index >= 15 is 0 Å². The summed E-state index contributed by atoms with van der Waals surface area (Å²) in [5.41, 5.74) is 0.925. The molecular weight excluding hydrogens is 466 g/mol. The lowest BCUT2D eigenvalue weighted by Crippen LogP contribution is -2.26. The van der Waals surface area contributed by atoms with Crippen LogP contribution in [-0.2, 0) is 0 Å². The van der Waals surface area contributed by atoms with Crippen molar-refractivity contribution in [3.05, 3.63) is 105 Å². The van der Waals surface area contributed by atoms with Gasteiger partial charge in [-0.3, -0.25) is 19.7 Å². The molecule has 0 aliphatic heterocycles. The Morgan fingerprint density at radius 1 is 1.03 bits per heavy atom. The second-order valence-corrected chi connectivity index (χ2v) is 8.00. The van der Waals surface area contributed by atoms with Crippen LogP contribution in [0.15, 0.2) is 66.9 Å². The summed E-state index contributed by atoms with van der Waals surface area (Å²) in [5, 5.41) is 20.6. The summed E-state index contributed by atoms with van der Waals surface area (Å²) >= 11 is 0. The van der Waals surface area contributed by atoms with Gasteiger partial charge in [0.15, 0.2) is 0 Å². The highest BCUT2D eigenvalue weighted by atomic mass is 16.6. The van der Waals surface area contributed by atoms with Crippen LogP contribution in [0.5, 0.6) is 5.75 Å². The van der Waals surface area contributed by atoms with E-state index in [0.29, 0.717) is 28.1 Å². The molecule has 4 aromatic rings. The quantitative estimate of drug-likeness (QED) is 0.233. The molecule has 0 aliphatic carbocycles. The number of nitrogens with zero attached hydrogens (tertiary/aromatic N) is 3. The second-order valence-electron chi connectivity index (χ2n) is 8.00. The maximum atomic E-state index is 13.6. The Morgan fingerprint density at radius 3 is 2.44 bits per heavy atom. The van der Waals surface area contributed by atoms with Gasteiger partial charge in [0.25, 0.3) is 11.6 Å². The average molecular weight is 487 g/mol. The molecule has 0 aliphatic rings. The number of hydrogen-bond donors (Lipinski definition) is 1. The lowest BCUT2D eigenvalue weighted by Gasteiger charge is -2.18. The minimum Gasteiger partial charge on any atom is -0.497 e. The minimum atomic E-state index is -1.52. The van der Waals surface area contributed by atoms with E-state index < -0.39 is 27.9 Å². The van der Waals surface area contributed by atoms with Gasteiger partial charge in [0.05, 0.1) is 28.9 Å². The molecule has 0 spiro atoms. The van der Waals surface area contributed by atoms with Crippen molar-refractivity contribution < 1.29 is 29.2 Å². The number of rotatable bonds is 7. The van der Waals surface area contributed by atoms with Crippen molar-refractivity contribution in [1.29, 1.82) is 0 Å². The van der Waals surface area contributed by atoms with Gasteiger partial charge in [0, 0.05) is 36.0 Å². The normalized spacial score (nSPS) is 10.8. The predicted molar refractivity (Wildman–Crippen MR) is 131 cm³/mol. The van der Waals surface area contributed by atoms with Crippen molar-refractivity contribution in [1.82, 2.24) is 4.40 Å². The number of carboxylic acid groups (broad SMARTS) is 1. The Labute approximate surface area is 205 Å². The van der Waals surface area contributed by atoms with Crippen LogP contribution in [0.25, 0.3) is 5.52 Å². The Balaban J connectivity index is 1.85. The van der Waals surface area contributed by atoms with E-state index in [4.69, 9.17) is 4.74 Å². The van der Waals surface area contributed by atoms with Gasteiger partial charge in [-0.25, -0.2) is 4.79 Å². The molecule has 1 amide bonds. The van der Waals surface area contributed by atoms with Gasteiger partial charge in [-0.15, -0.1) is 0 Å². The highest BCUT2D eigenvalue weighted by Crippen LogP contribution is 2.34. The number of carboxylic acids is 1. The molecule has 0 unspecified atom stereocenters. The first-order valence-corrected chi connectivity index (χ1v) is 10.7. The third kappa shape index (κ3) is 4.05.